The molecule has 1 aromatic rings. The molecule has 2 atom stereocenters. The van der Waals surface area contributed by atoms with E-state index in [1.54, 1.807) is 19.1 Å². The van der Waals surface area contributed by atoms with Crippen LogP contribution in [-0.2, 0) is 0 Å². The number of nitrogens with zero attached hydrogens (tertiary/aromatic N) is 2. The fourth-order valence-electron chi connectivity index (χ4n) is 2.91. The Kier molecular flexibility index (Phi) is 4.60. The van der Waals surface area contributed by atoms with E-state index in [0.717, 1.165) is 25.9 Å². The van der Waals surface area contributed by atoms with E-state index in [1.165, 1.54) is 12.5 Å². The van der Waals surface area contributed by atoms with Gasteiger partial charge in [0.25, 0.3) is 5.69 Å². The maximum absolute atomic E-state index is 11.3. The summed E-state index contributed by atoms with van der Waals surface area (Å²) in [4.78, 5) is 13.0. The van der Waals surface area contributed by atoms with Crippen LogP contribution in [0.5, 0.6) is 0 Å². The molecule has 0 bridgehead atoms. The third-order valence-electron chi connectivity index (χ3n) is 4.00. The molecule has 0 aromatic heterocycles. The summed E-state index contributed by atoms with van der Waals surface area (Å²) in [5, 5.41) is 20.8. The molecular formula is C15H22N2O3. The molecule has 110 valence electrons. The Hall–Kier alpha value is -1.62. The number of hydrogen-bond acceptors (Lipinski definition) is 4. The van der Waals surface area contributed by atoms with Gasteiger partial charge in [0.05, 0.1) is 11.0 Å². The first-order valence-electron chi connectivity index (χ1n) is 7.24. The molecule has 0 radical (unpaired) electrons. The highest BCUT2D eigenvalue weighted by Gasteiger charge is 2.27. The Balaban J connectivity index is 2.25. The van der Waals surface area contributed by atoms with Gasteiger partial charge in [0.2, 0.25) is 0 Å². The summed E-state index contributed by atoms with van der Waals surface area (Å²) in [5.74, 6) is 0.635. The van der Waals surface area contributed by atoms with E-state index in [1.807, 2.05) is 0 Å². The second kappa shape index (κ2) is 6.22. The topological polar surface area (TPSA) is 66.6 Å². The van der Waals surface area contributed by atoms with Gasteiger partial charge in [-0.05, 0) is 37.3 Å². The standard InChI is InChI=1S/C15H22N2O3/c1-3-4-12-7-8-16(10-12)14-6-5-13(11(2)18)9-15(14)17(19)20/h5-6,9,11-12,18H,3-4,7-8,10H2,1-2H3. The molecule has 5 heteroatoms. The molecule has 5 nitrogen and oxygen atoms in total. The van der Waals surface area contributed by atoms with E-state index >= 15 is 0 Å². The van der Waals surface area contributed by atoms with Crippen molar-refractivity contribution in [1.29, 1.82) is 0 Å². The van der Waals surface area contributed by atoms with E-state index in [4.69, 9.17) is 0 Å². The van der Waals surface area contributed by atoms with Gasteiger partial charge in [0.15, 0.2) is 0 Å². The Bertz CT molecular complexity index is 488. The van der Waals surface area contributed by atoms with Crippen LogP contribution in [0.1, 0.15) is 44.8 Å². The van der Waals surface area contributed by atoms with Crippen molar-refractivity contribution in [2.45, 2.75) is 39.2 Å². The monoisotopic (exact) mass is 278 g/mol. The third kappa shape index (κ3) is 3.10. The zero-order valence-electron chi connectivity index (χ0n) is 12.1. The van der Waals surface area contributed by atoms with Crippen LogP contribution in [-0.4, -0.2) is 23.1 Å². The number of nitro groups is 1. The van der Waals surface area contributed by atoms with Gasteiger partial charge in [-0.25, -0.2) is 0 Å². The molecule has 0 aliphatic carbocycles. The third-order valence-corrected chi connectivity index (χ3v) is 4.00. The molecular weight excluding hydrogens is 256 g/mol. The molecule has 2 unspecified atom stereocenters. The van der Waals surface area contributed by atoms with Crippen molar-refractivity contribution in [2.24, 2.45) is 5.92 Å². The van der Waals surface area contributed by atoms with Crippen LogP contribution >= 0.6 is 0 Å². The SMILES string of the molecule is CCCC1CCN(c2ccc(C(C)O)cc2[N+](=O)[O-])C1. The second-order valence-corrected chi connectivity index (χ2v) is 5.57. The summed E-state index contributed by atoms with van der Waals surface area (Å²) < 4.78 is 0. The molecule has 0 saturated carbocycles. The predicted molar refractivity (Wildman–Crippen MR) is 79.0 cm³/mol. The molecule has 1 aliphatic heterocycles. The quantitative estimate of drug-likeness (QED) is 0.663. The van der Waals surface area contributed by atoms with Crippen molar-refractivity contribution >= 4 is 11.4 Å². The maximum Gasteiger partial charge on any atom is 0.292 e. The average molecular weight is 278 g/mol. The minimum absolute atomic E-state index is 0.0977. The lowest BCUT2D eigenvalue weighted by molar-refractivity contribution is -0.384. The highest BCUT2D eigenvalue weighted by atomic mass is 16.6. The van der Waals surface area contributed by atoms with Crippen molar-refractivity contribution in [3.8, 4) is 0 Å². The van der Waals surface area contributed by atoms with Gasteiger partial charge in [0, 0.05) is 19.2 Å². The lowest BCUT2D eigenvalue weighted by atomic mass is 10.0. The van der Waals surface area contributed by atoms with Gasteiger partial charge in [0.1, 0.15) is 5.69 Å². The largest absolute Gasteiger partial charge is 0.389 e. The zero-order chi connectivity index (χ0) is 14.7. The van der Waals surface area contributed by atoms with Crippen molar-refractivity contribution in [3.05, 3.63) is 33.9 Å². The van der Waals surface area contributed by atoms with Crippen molar-refractivity contribution in [2.75, 3.05) is 18.0 Å². The maximum atomic E-state index is 11.3. The average Bonchev–Trinajstić information content (AvgIpc) is 2.86. The normalized spacial score (nSPS) is 20.1. The highest BCUT2D eigenvalue weighted by Crippen LogP contribution is 2.35. The first kappa shape index (κ1) is 14.8. The molecule has 0 amide bonds. The fraction of sp³-hybridized carbons (Fsp3) is 0.600. The first-order valence-corrected chi connectivity index (χ1v) is 7.24. The minimum Gasteiger partial charge on any atom is -0.389 e. The van der Waals surface area contributed by atoms with Crippen molar-refractivity contribution < 1.29 is 10.0 Å². The smallest absolute Gasteiger partial charge is 0.292 e. The van der Waals surface area contributed by atoms with Crippen LogP contribution in [0.3, 0.4) is 0 Å². The molecule has 20 heavy (non-hydrogen) atoms. The number of benzene rings is 1. The van der Waals surface area contributed by atoms with E-state index in [0.29, 0.717) is 17.2 Å². The van der Waals surface area contributed by atoms with Crippen LogP contribution < -0.4 is 4.90 Å². The summed E-state index contributed by atoms with van der Waals surface area (Å²) in [7, 11) is 0. The summed E-state index contributed by atoms with van der Waals surface area (Å²) >= 11 is 0. The van der Waals surface area contributed by atoms with Gasteiger partial charge in [-0.3, -0.25) is 10.1 Å². The van der Waals surface area contributed by atoms with E-state index in [-0.39, 0.29) is 10.6 Å². The van der Waals surface area contributed by atoms with Gasteiger partial charge in [-0.15, -0.1) is 0 Å². The molecule has 1 fully saturated rings. The van der Waals surface area contributed by atoms with Crippen LogP contribution in [0.25, 0.3) is 0 Å². The minimum atomic E-state index is -0.686. The van der Waals surface area contributed by atoms with Crippen LogP contribution in [0.15, 0.2) is 18.2 Å². The Morgan fingerprint density at radius 1 is 1.55 bits per heavy atom. The number of anilines is 1. The Labute approximate surface area is 119 Å². The highest BCUT2D eigenvalue weighted by molar-refractivity contribution is 5.65. The molecule has 0 spiro atoms. The van der Waals surface area contributed by atoms with Crippen LogP contribution in [0, 0.1) is 16.0 Å². The van der Waals surface area contributed by atoms with Gasteiger partial charge < -0.3 is 10.0 Å². The number of aliphatic hydroxyl groups is 1. The molecule has 1 aliphatic rings. The van der Waals surface area contributed by atoms with Gasteiger partial charge in [-0.1, -0.05) is 19.4 Å². The fourth-order valence-corrected chi connectivity index (χ4v) is 2.91. The van der Waals surface area contributed by atoms with E-state index in [2.05, 4.69) is 11.8 Å². The van der Waals surface area contributed by atoms with Crippen LogP contribution in [0.2, 0.25) is 0 Å². The number of rotatable bonds is 5. The number of aliphatic hydroxyl groups excluding tert-OH is 1. The molecule has 1 heterocycles. The van der Waals surface area contributed by atoms with Gasteiger partial charge in [-0.2, -0.15) is 0 Å². The lowest BCUT2D eigenvalue weighted by Crippen LogP contribution is -2.20. The van der Waals surface area contributed by atoms with E-state index < -0.39 is 6.10 Å². The molecule has 1 saturated heterocycles. The Morgan fingerprint density at radius 2 is 2.30 bits per heavy atom. The zero-order valence-corrected chi connectivity index (χ0v) is 12.1. The number of nitro benzene ring substituents is 1. The summed E-state index contributed by atoms with van der Waals surface area (Å²) in [6, 6.07) is 5.04. The number of hydrogen-bond donors (Lipinski definition) is 1. The lowest BCUT2D eigenvalue weighted by Gasteiger charge is -2.19. The molecule has 1 N–H and O–H groups in total. The summed E-state index contributed by atoms with van der Waals surface area (Å²) in [6.07, 6.45) is 2.75. The van der Waals surface area contributed by atoms with E-state index in [9.17, 15) is 15.2 Å². The molecule has 2 rings (SSSR count). The van der Waals surface area contributed by atoms with Crippen molar-refractivity contribution in [3.63, 3.8) is 0 Å². The van der Waals surface area contributed by atoms with Gasteiger partial charge >= 0.3 is 0 Å². The summed E-state index contributed by atoms with van der Waals surface area (Å²) in [5.41, 5.74) is 1.36. The molecule has 1 aromatic carbocycles. The Morgan fingerprint density at radius 3 is 2.90 bits per heavy atom. The second-order valence-electron chi connectivity index (χ2n) is 5.57. The van der Waals surface area contributed by atoms with Crippen molar-refractivity contribution in [1.82, 2.24) is 0 Å². The predicted octanol–water partition coefficient (Wildman–Crippen LogP) is 3.27. The summed E-state index contributed by atoms with van der Waals surface area (Å²) in [6.45, 7) is 5.55. The first-order chi connectivity index (χ1) is 9.52. The van der Waals surface area contributed by atoms with Crippen LogP contribution in [0.4, 0.5) is 11.4 Å².